The summed E-state index contributed by atoms with van der Waals surface area (Å²) in [5.74, 6) is 0.807. The zero-order valence-corrected chi connectivity index (χ0v) is 22.7. The molecule has 1 fully saturated rings. The topological polar surface area (TPSA) is 52.0 Å². The first-order valence-corrected chi connectivity index (χ1v) is 12.4. The molecular formula is C28H49N5. The highest BCUT2D eigenvalue weighted by atomic mass is 15.2. The molecule has 5 heteroatoms. The van der Waals surface area contributed by atoms with Crippen molar-refractivity contribution in [2.24, 2.45) is 9.98 Å². The first-order valence-electron chi connectivity index (χ1n) is 12.4. The number of rotatable bonds is 6. The number of nitrogens with zero attached hydrogens (tertiary/aromatic N) is 3. The minimum Gasteiger partial charge on any atom is -0.372 e. The number of hydrogen-bond donors (Lipinski definition) is 2. The highest BCUT2D eigenvalue weighted by molar-refractivity contribution is 6.19. The normalized spacial score (nSPS) is 21.6. The SMILES string of the molecule is C#C.C/C=C\N/C(CC)=C1C=NC(=N\C=C\CC)/C/1=C(\C)N1CCNC(C)C1.CC.CCC. The van der Waals surface area contributed by atoms with E-state index >= 15 is 0 Å². The van der Waals surface area contributed by atoms with Crippen LogP contribution in [0.3, 0.4) is 0 Å². The van der Waals surface area contributed by atoms with Crippen molar-refractivity contribution in [3.63, 3.8) is 0 Å². The molecule has 0 spiro atoms. The van der Waals surface area contributed by atoms with Crippen LogP contribution in [0.4, 0.5) is 0 Å². The van der Waals surface area contributed by atoms with Gasteiger partial charge < -0.3 is 15.5 Å². The molecule has 0 amide bonds. The van der Waals surface area contributed by atoms with Gasteiger partial charge in [-0.1, -0.05) is 60.1 Å². The predicted molar refractivity (Wildman–Crippen MR) is 150 cm³/mol. The molecular weight excluding hydrogens is 406 g/mol. The summed E-state index contributed by atoms with van der Waals surface area (Å²) in [7, 11) is 0. The molecule has 1 saturated heterocycles. The zero-order valence-electron chi connectivity index (χ0n) is 22.7. The lowest BCUT2D eigenvalue weighted by atomic mass is 10.0. The third-order valence-electron chi connectivity index (χ3n) is 4.65. The quantitative estimate of drug-likeness (QED) is 0.453. The van der Waals surface area contributed by atoms with E-state index in [1.165, 1.54) is 17.8 Å². The van der Waals surface area contributed by atoms with Crippen LogP contribution in [-0.4, -0.2) is 42.6 Å². The first kappa shape index (κ1) is 32.6. The Bertz CT molecular complexity index is 720. The van der Waals surface area contributed by atoms with Gasteiger partial charge in [-0.3, -0.25) is 0 Å². The average Bonchev–Trinajstić information content (AvgIpc) is 3.26. The van der Waals surface area contributed by atoms with E-state index in [0.717, 1.165) is 49.5 Å². The molecule has 0 aromatic rings. The van der Waals surface area contributed by atoms with Crippen LogP contribution in [0.15, 0.2) is 57.1 Å². The summed E-state index contributed by atoms with van der Waals surface area (Å²) in [6.45, 7) is 22.0. The average molecular weight is 456 g/mol. The van der Waals surface area contributed by atoms with Crippen molar-refractivity contribution < 1.29 is 0 Å². The maximum absolute atomic E-state index is 4.63. The Morgan fingerprint density at radius 2 is 1.91 bits per heavy atom. The van der Waals surface area contributed by atoms with Crippen LogP contribution in [0.25, 0.3) is 0 Å². The fourth-order valence-corrected chi connectivity index (χ4v) is 3.24. The van der Waals surface area contributed by atoms with Crippen molar-refractivity contribution >= 4 is 12.1 Å². The highest BCUT2D eigenvalue weighted by Gasteiger charge is 2.26. The Morgan fingerprint density at radius 1 is 1.27 bits per heavy atom. The van der Waals surface area contributed by atoms with Crippen molar-refractivity contribution in [2.75, 3.05) is 19.6 Å². The Kier molecular flexibility index (Phi) is 21.0. The van der Waals surface area contributed by atoms with Crippen LogP contribution in [0, 0.1) is 12.8 Å². The van der Waals surface area contributed by atoms with E-state index in [1.54, 1.807) is 0 Å². The monoisotopic (exact) mass is 455 g/mol. The lowest BCUT2D eigenvalue weighted by Gasteiger charge is -2.35. The minimum absolute atomic E-state index is 0.487. The summed E-state index contributed by atoms with van der Waals surface area (Å²) < 4.78 is 0. The maximum Gasteiger partial charge on any atom is 0.161 e. The van der Waals surface area contributed by atoms with E-state index in [9.17, 15) is 0 Å². The van der Waals surface area contributed by atoms with Crippen LogP contribution in [0.1, 0.15) is 81.6 Å². The number of piperazine rings is 1. The van der Waals surface area contributed by atoms with Crippen LogP contribution < -0.4 is 10.6 Å². The lowest BCUT2D eigenvalue weighted by Crippen LogP contribution is -2.48. The van der Waals surface area contributed by atoms with E-state index in [1.807, 2.05) is 45.5 Å². The fraction of sp³-hybridized carbons (Fsp3) is 0.571. The molecule has 2 aliphatic rings. The van der Waals surface area contributed by atoms with E-state index in [-0.39, 0.29) is 0 Å². The predicted octanol–water partition coefficient (Wildman–Crippen LogP) is 6.44. The van der Waals surface area contributed by atoms with Gasteiger partial charge in [0.25, 0.3) is 0 Å². The van der Waals surface area contributed by atoms with Gasteiger partial charge in [0.05, 0.1) is 0 Å². The van der Waals surface area contributed by atoms with Gasteiger partial charge in [-0.15, -0.1) is 12.8 Å². The van der Waals surface area contributed by atoms with Gasteiger partial charge in [-0.2, -0.15) is 0 Å². The highest BCUT2D eigenvalue weighted by Crippen LogP contribution is 2.27. The van der Waals surface area contributed by atoms with Gasteiger partial charge in [-0.05, 0) is 39.8 Å². The van der Waals surface area contributed by atoms with Crippen molar-refractivity contribution in [3.8, 4) is 12.8 Å². The first-order chi connectivity index (χ1) is 16.0. The molecule has 0 bridgehead atoms. The molecule has 2 heterocycles. The second-order valence-electron chi connectivity index (χ2n) is 7.36. The number of terminal acetylenes is 1. The van der Waals surface area contributed by atoms with Crippen molar-refractivity contribution in [3.05, 3.63) is 47.1 Å². The minimum atomic E-state index is 0.487. The molecule has 0 aromatic carbocycles. The molecule has 2 rings (SSSR count). The van der Waals surface area contributed by atoms with Crippen molar-refractivity contribution in [1.29, 1.82) is 0 Å². The number of amidine groups is 1. The molecule has 0 aromatic heterocycles. The lowest BCUT2D eigenvalue weighted by molar-refractivity contribution is 0.255. The number of nitrogens with one attached hydrogen (secondary N) is 2. The maximum atomic E-state index is 4.63. The van der Waals surface area contributed by atoms with Crippen LogP contribution >= 0.6 is 0 Å². The second kappa shape index (κ2) is 21.3. The third-order valence-corrected chi connectivity index (χ3v) is 4.65. The number of aliphatic imine (C=N–C) groups is 2. The van der Waals surface area contributed by atoms with Crippen LogP contribution in [0.2, 0.25) is 0 Å². The van der Waals surface area contributed by atoms with Crippen LogP contribution in [-0.2, 0) is 0 Å². The molecule has 1 atom stereocenters. The summed E-state index contributed by atoms with van der Waals surface area (Å²) in [6, 6.07) is 0.487. The molecule has 0 saturated carbocycles. The van der Waals surface area contributed by atoms with E-state index in [2.05, 4.69) is 86.0 Å². The standard InChI is InChI=1S/C21H33N5.C3H8.C2H6.C2H2/c1-6-9-11-24-21-20(17(5)26-13-12-22-16(4)15-26)18(14-25-21)19(8-3)23-10-7-2;1-3-2;2*1-2/h7,9-11,14,16,22-23H,6,8,12-13,15H2,1-5H3;3H2,1-2H3;1-2H3;1-2H/b10-7-,11-9+,19-18-,20-17+,24-21-;;;. The Morgan fingerprint density at radius 3 is 2.42 bits per heavy atom. The molecule has 5 nitrogen and oxygen atoms in total. The van der Waals surface area contributed by atoms with Gasteiger partial charge >= 0.3 is 0 Å². The summed E-state index contributed by atoms with van der Waals surface area (Å²) in [6.07, 6.45) is 21.0. The number of hydrogen-bond acceptors (Lipinski definition) is 4. The Labute approximate surface area is 204 Å². The van der Waals surface area contributed by atoms with Gasteiger partial charge in [0.15, 0.2) is 5.84 Å². The van der Waals surface area contributed by atoms with E-state index in [0.29, 0.717) is 6.04 Å². The largest absolute Gasteiger partial charge is 0.372 e. The Balaban J connectivity index is 0. The van der Waals surface area contributed by atoms with Gasteiger partial charge in [0.1, 0.15) is 0 Å². The third kappa shape index (κ3) is 11.7. The van der Waals surface area contributed by atoms with E-state index in [4.69, 9.17) is 0 Å². The fourth-order valence-electron chi connectivity index (χ4n) is 3.24. The summed E-state index contributed by atoms with van der Waals surface area (Å²) >= 11 is 0. The van der Waals surface area contributed by atoms with Crippen LogP contribution in [0.5, 0.6) is 0 Å². The summed E-state index contributed by atoms with van der Waals surface area (Å²) in [4.78, 5) is 11.7. The van der Waals surface area contributed by atoms with Gasteiger partial charge in [0.2, 0.25) is 0 Å². The molecule has 1 unspecified atom stereocenters. The Hall–Kier alpha value is -2.58. The summed E-state index contributed by atoms with van der Waals surface area (Å²) in [5, 5.41) is 6.93. The molecule has 2 aliphatic heterocycles. The van der Waals surface area contributed by atoms with Crippen molar-refractivity contribution in [2.45, 2.75) is 87.6 Å². The van der Waals surface area contributed by atoms with Gasteiger partial charge in [-0.25, -0.2) is 9.98 Å². The second-order valence-corrected chi connectivity index (χ2v) is 7.36. The summed E-state index contributed by atoms with van der Waals surface area (Å²) in [5.41, 5.74) is 4.73. The zero-order chi connectivity index (χ0) is 25.6. The number of allylic oxidation sites excluding steroid dienone is 4. The van der Waals surface area contributed by atoms with Gasteiger partial charge in [0, 0.05) is 60.6 Å². The smallest absolute Gasteiger partial charge is 0.161 e. The van der Waals surface area contributed by atoms with Crippen molar-refractivity contribution in [1.82, 2.24) is 15.5 Å². The van der Waals surface area contributed by atoms with E-state index < -0.39 is 0 Å². The molecule has 186 valence electrons. The molecule has 2 N–H and O–H groups in total. The molecule has 0 aliphatic carbocycles. The molecule has 33 heavy (non-hydrogen) atoms. The molecule has 0 radical (unpaired) electrons.